The van der Waals surface area contributed by atoms with Crippen molar-refractivity contribution < 1.29 is 19.1 Å². The van der Waals surface area contributed by atoms with Crippen LogP contribution in [0.25, 0.3) is 0 Å². The molecule has 140 valence electrons. The van der Waals surface area contributed by atoms with E-state index in [1.165, 1.54) is 7.11 Å². The average molecular weight is 359 g/mol. The van der Waals surface area contributed by atoms with E-state index >= 15 is 0 Å². The topological polar surface area (TPSA) is 87.7 Å². The van der Waals surface area contributed by atoms with E-state index in [4.69, 9.17) is 4.74 Å². The summed E-state index contributed by atoms with van der Waals surface area (Å²) in [5.41, 5.74) is 0.989. The molecule has 7 heteroatoms. The highest BCUT2D eigenvalue weighted by Gasteiger charge is 2.47. The van der Waals surface area contributed by atoms with Crippen molar-refractivity contribution in [3.05, 3.63) is 35.9 Å². The van der Waals surface area contributed by atoms with Crippen LogP contribution in [0.1, 0.15) is 44.2 Å². The van der Waals surface area contributed by atoms with Gasteiger partial charge in [-0.15, -0.1) is 0 Å². The Kier molecular flexibility index (Phi) is 5.44. The predicted molar refractivity (Wildman–Crippen MR) is 95.2 cm³/mol. The number of carbonyl (C=O) groups excluding carboxylic acids is 3. The van der Waals surface area contributed by atoms with Gasteiger partial charge in [-0.1, -0.05) is 30.3 Å². The molecule has 2 aliphatic rings. The van der Waals surface area contributed by atoms with Gasteiger partial charge in [-0.25, -0.2) is 9.59 Å². The van der Waals surface area contributed by atoms with Gasteiger partial charge in [0.1, 0.15) is 12.1 Å². The van der Waals surface area contributed by atoms with E-state index in [0.717, 1.165) is 18.4 Å². The summed E-state index contributed by atoms with van der Waals surface area (Å²) in [7, 11) is 1.33. The number of nitrogens with one attached hydrogen (secondary N) is 2. The Morgan fingerprint density at radius 2 is 1.96 bits per heavy atom. The molecule has 1 aromatic carbocycles. The number of rotatable bonds is 4. The van der Waals surface area contributed by atoms with E-state index in [-0.39, 0.29) is 30.0 Å². The fourth-order valence-corrected chi connectivity index (χ4v) is 3.91. The lowest BCUT2D eigenvalue weighted by atomic mass is 9.96. The molecule has 2 heterocycles. The summed E-state index contributed by atoms with van der Waals surface area (Å²) >= 11 is 0. The zero-order valence-electron chi connectivity index (χ0n) is 15.1. The highest BCUT2D eigenvalue weighted by atomic mass is 16.5. The Bertz CT molecular complexity index is 679. The van der Waals surface area contributed by atoms with Crippen LogP contribution in [-0.4, -0.2) is 48.0 Å². The minimum absolute atomic E-state index is 0.0165. The van der Waals surface area contributed by atoms with Gasteiger partial charge in [0.25, 0.3) is 0 Å². The number of methoxy groups -OCH3 is 1. The van der Waals surface area contributed by atoms with E-state index in [0.29, 0.717) is 12.8 Å². The Morgan fingerprint density at radius 1 is 1.23 bits per heavy atom. The fourth-order valence-electron chi connectivity index (χ4n) is 3.91. The lowest BCUT2D eigenvalue weighted by Crippen LogP contribution is -2.52. The van der Waals surface area contributed by atoms with Crippen LogP contribution >= 0.6 is 0 Å². The number of esters is 1. The molecular formula is C19H25N3O4. The van der Waals surface area contributed by atoms with Gasteiger partial charge < -0.3 is 20.3 Å². The van der Waals surface area contributed by atoms with Gasteiger partial charge in [0.05, 0.1) is 13.2 Å². The largest absolute Gasteiger partial charge is 0.467 e. The van der Waals surface area contributed by atoms with Crippen molar-refractivity contribution in [2.75, 3.05) is 7.11 Å². The predicted octanol–water partition coefficient (Wildman–Crippen LogP) is 1.74. The minimum atomic E-state index is -0.603. The fraction of sp³-hybridized carbons (Fsp3) is 0.526. The molecule has 2 fully saturated rings. The summed E-state index contributed by atoms with van der Waals surface area (Å²) in [6, 6.07) is 7.91. The van der Waals surface area contributed by atoms with Crippen LogP contribution in [-0.2, 0) is 14.3 Å². The summed E-state index contributed by atoms with van der Waals surface area (Å²) in [6.07, 6.45) is 2.86. The number of nitrogens with zero attached hydrogens (tertiary/aromatic N) is 1. The number of piperidine rings is 1. The van der Waals surface area contributed by atoms with Crippen LogP contribution in [0.15, 0.2) is 30.3 Å². The molecule has 4 atom stereocenters. The maximum absolute atomic E-state index is 12.7. The van der Waals surface area contributed by atoms with Gasteiger partial charge in [0.15, 0.2) is 0 Å². The summed E-state index contributed by atoms with van der Waals surface area (Å²) in [5, 5.41) is 5.63. The third-order valence-corrected chi connectivity index (χ3v) is 5.23. The van der Waals surface area contributed by atoms with E-state index in [1.54, 1.807) is 4.90 Å². The Hall–Kier alpha value is -2.57. The molecule has 3 rings (SSSR count). The third kappa shape index (κ3) is 3.66. The highest BCUT2D eigenvalue weighted by molar-refractivity contribution is 5.92. The molecule has 3 amide bonds. The van der Waals surface area contributed by atoms with Gasteiger partial charge in [-0.2, -0.15) is 0 Å². The molecule has 0 aliphatic carbocycles. The zero-order chi connectivity index (χ0) is 18.7. The first-order valence-electron chi connectivity index (χ1n) is 9.03. The summed E-state index contributed by atoms with van der Waals surface area (Å²) in [5.74, 6) is -0.585. The quantitative estimate of drug-likeness (QED) is 0.802. The van der Waals surface area contributed by atoms with Crippen LogP contribution < -0.4 is 10.6 Å². The number of hydrogen-bond acceptors (Lipinski definition) is 4. The molecule has 2 saturated heterocycles. The molecule has 0 spiro atoms. The van der Waals surface area contributed by atoms with Crippen molar-refractivity contribution in [1.29, 1.82) is 0 Å². The molecule has 0 radical (unpaired) electrons. The number of carbonyl (C=O) groups is 3. The number of ether oxygens (including phenoxy) is 1. The molecule has 26 heavy (non-hydrogen) atoms. The van der Waals surface area contributed by atoms with Crippen molar-refractivity contribution in [3.63, 3.8) is 0 Å². The van der Waals surface area contributed by atoms with Crippen molar-refractivity contribution in [1.82, 2.24) is 15.5 Å². The lowest BCUT2D eigenvalue weighted by Gasteiger charge is -2.35. The van der Waals surface area contributed by atoms with Crippen LogP contribution in [0.2, 0.25) is 0 Å². The second kappa shape index (κ2) is 7.76. The van der Waals surface area contributed by atoms with Gasteiger partial charge >= 0.3 is 12.0 Å². The van der Waals surface area contributed by atoms with Gasteiger partial charge in [0.2, 0.25) is 5.91 Å². The first-order chi connectivity index (χ1) is 12.5. The first-order valence-corrected chi connectivity index (χ1v) is 9.03. The van der Waals surface area contributed by atoms with E-state index in [9.17, 15) is 14.4 Å². The Balaban J connectivity index is 1.61. The van der Waals surface area contributed by atoms with Crippen LogP contribution in [0.5, 0.6) is 0 Å². The second-order valence-corrected chi connectivity index (χ2v) is 6.91. The molecule has 1 aromatic rings. The Morgan fingerprint density at radius 3 is 2.65 bits per heavy atom. The van der Waals surface area contributed by atoms with Crippen molar-refractivity contribution >= 4 is 17.9 Å². The highest BCUT2D eigenvalue weighted by Crippen LogP contribution is 2.32. The van der Waals surface area contributed by atoms with Gasteiger partial charge in [-0.05, 0) is 38.2 Å². The number of benzene rings is 1. The number of hydrogen-bond donors (Lipinski definition) is 2. The summed E-state index contributed by atoms with van der Waals surface area (Å²) < 4.78 is 4.83. The number of fused-ring (bicyclic) bond motifs is 1. The Labute approximate surface area is 153 Å². The van der Waals surface area contributed by atoms with Crippen molar-refractivity contribution in [3.8, 4) is 0 Å². The number of urea groups is 1. The van der Waals surface area contributed by atoms with Gasteiger partial charge in [0, 0.05) is 6.04 Å². The van der Waals surface area contributed by atoms with Crippen LogP contribution in [0.3, 0.4) is 0 Å². The molecular weight excluding hydrogens is 334 g/mol. The maximum atomic E-state index is 12.7. The second-order valence-electron chi connectivity index (χ2n) is 6.91. The van der Waals surface area contributed by atoms with E-state index in [2.05, 4.69) is 10.6 Å². The van der Waals surface area contributed by atoms with Crippen molar-refractivity contribution in [2.24, 2.45) is 0 Å². The third-order valence-electron chi connectivity index (χ3n) is 5.23. The van der Waals surface area contributed by atoms with Crippen LogP contribution in [0, 0.1) is 0 Å². The van der Waals surface area contributed by atoms with E-state index in [1.807, 2.05) is 37.3 Å². The first kappa shape index (κ1) is 18.2. The molecule has 7 nitrogen and oxygen atoms in total. The zero-order valence-corrected chi connectivity index (χ0v) is 15.1. The lowest BCUT2D eigenvalue weighted by molar-refractivity contribution is -0.154. The molecule has 0 saturated carbocycles. The average Bonchev–Trinajstić information content (AvgIpc) is 2.97. The monoisotopic (exact) mass is 359 g/mol. The summed E-state index contributed by atoms with van der Waals surface area (Å²) in [6.45, 7) is 1.89. The smallest absolute Gasteiger partial charge is 0.328 e. The van der Waals surface area contributed by atoms with Crippen LogP contribution in [0.4, 0.5) is 4.79 Å². The summed E-state index contributed by atoms with van der Waals surface area (Å²) in [4.78, 5) is 38.6. The van der Waals surface area contributed by atoms with E-state index < -0.39 is 12.1 Å². The molecule has 0 bridgehead atoms. The molecule has 0 aromatic heterocycles. The number of amides is 3. The SMILES string of the molecule is COC(=O)[C@@H]1CCC[C@@H]2C[C@H](NC(=O)N[C@H](C)c3ccccc3)C(=O)N21. The van der Waals surface area contributed by atoms with Crippen molar-refractivity contribution in [2.45, 2.75) is 56.8 Å². The standard InChI is InChI=1S/C19H25N3O4/c1-12(13-7-4-3-5-8-13)20-19(25)21-15-11-14-9-6-10-16(18(24)26-2)22(14)17(15)23/h3-5,7-8,12,14-16H,6,9-11H2,1-2H3,(H2,20,21,25)/t12-,14-,15+,16+/m1/s1. The molecule has 0 unspecified atom stereocenters. The van der Waals surface area contributed by atoms with Gasteiger partial charge in [-0.3, -0.25) is 4.79 Å². The molecule has 2 N–H and O–H groups in total. The molecule has 2 aliphatic heterocycles. The normalized spacial score (nSPS) is 26.0. The minimum Gasteiger partial charge on any atom is -0.467 e. The maximum Gasteiger partial charge on any atom is 0.328 e.